The first-order chi connectivity index (χ1) is 12.0. The third-order valence-electron chi connectivity index (χ3n) is 4.15. The lowest BCUT2D eigenvalue weighted by atomic mass is 10.1. The predicted molar refractivity (Wildman–Crippen MR) is 96.0 cm³/mol. The molecule has 1 amide bonds. The van der Waals surface area contributed by atoms with E-state index in [0.29, 0.717) is 12.1 Å². The molecular weight excluding hydrogens is 319 g/mol. The Balaban J connectivity index is 1.99. The lowest BCUT2D eigenvalue weighted by molar-refractivity contribution is 0.0691. The summed E-state index contributed by atoms with van der Waals surface area (Å²) in [7, 11) is 0. The Bertz CT molecular complexity index is 961. The van der Waals surface area contributed by atoms with Crippen LogP contribution in [0.25, 0.3) is 10.9 Å². The lowest BCUT2D eigenvalue weighted by Gasteiger charge is -2.27. The van der Waals surface area contributed by atoms with Crippen LogP contribution in [0, 0.1) is 5.82 Å². The van der Waals surface area contributed by atoms with Gasteiger partial charge >= 0.3 is 0 Å². The van der Waals surface area contributed by atoms with Crippen molar-refractivity contribution in [3.8, 4) is 0 Å². The Labute approximate surface area is 144 Å². The maximum absolute atomic E-state index is 13.1. The quantitative estimate of drug-likeness (QED) is 0.788. The number of pyridine rings is 1. The van der Waals surface area contributed by atoms with Gasteiger partial charge < -0.3 is 9.88 Å². The minimum absolute atomic E-state index is 0.0735. The lowest BCUT2D eigenvalue weighted by Crippen LogP contribution is -2.36. The van der Waals surface area contributed by atoms with E-state index >= 15 is 0 Å². The van der Waals surface area contributed by atoms with Crippen molar-refractivity contribution in [2.45, 2.75) is 26.4 Å². The second-order valence-corrected chi connectivity index (χ2v) is 6.24. The van der Waals surface area contributed by atoms with Crippen LogP contribution in [0.1, 0.15) is 29.8 Å². The van der Waals surface area contributed by atoms with Gasteiger partial charge in [-0.1, -0.05) is 18.2 Å². The van der Waals surface area contributed by atoms with E-state index in [0.717, 1.165) is 16.5 Å². The van der Waals surface area contributed by atoms with Crippen LogP contribution >= 0.6 is 0 Å². The molecule has 1 aromatic heterocycles. The first-order valence-electron chi connectivity index (χ1n) is 8.13. The first kappa shape index (κ1) is 16.9. The highest BCUT2D eigenvalue weighted by atomic mass is 19.1. The van der Waals surface area contributed by atoms with Gasteiger partial charge in [0.2, 0.25) is 5.56 Å². The Hall–Kier alpha value is -2.95. The van der Waals surface area contributed by atoms with Gasteiger partial charge in [-0.05, 0) is 49.7 Å². The molecule has 2 aromatic carbocycles. The Morgan fingerprint density at radius 1 is 1.12 bits per heavy atom. The van der Waals surface area contributed by atoms with E-state index in [4.69, 9.17) is 0 Å². The average molecular weight is 338 g/mol. The van der Waals surface area contributed by atoms with Crippen molar-refractivity contribution >= 4 is 16.8 Å². The Morgan fingerprint density at radius 3 is 2.48 bits per heavy atom. The van der Waals surface area contributed by atoms with Gasteiger partial charge in [0.15, 0.2) is 0 Å². The fourth-order valence-electron chi connectivity index (χ4n) is 2.84. The van der Waals surface area contributed by atoms with Crippen LogP contribution in [-0.2, 0) is 6.54 Å². The number of carbonyl (C=O) groups excluding carboxylic acids is 1. The highest BCUT2D eigenvalue weighted by molar-refractivity contribution is 5.94. The molecule has 0 spiro atoms. The van der Waals surface area contributed by atoms with Gasteiger partial charge in [0, 0.05) is 35.1 Å². The van der Waals surface area contributed by atoms with E-state index in [9.17, 15) is 14.0 Å². The topological polar surface area (TPSA) is 53.2 Å². The standard InChI is InChI=1S/C20H19FN2O2/c1-13(2)23(20(25)14-7-9-16(21)10-8-14)12-15-11-19(24)22-18-6-4-3-5-17(15)18/h3-11,13H,12H2,1-2H3,(H,22,24). The molecule has 0 aliphatic rings. The maximum Gasteiger partial charge on any atom is 0.254 e. The fraction of sp³-hybridized carbons (Fsp3) is 0.200. The minimum Gasteiger partial charge on any atom is -0.332 e. The molecule has 0 aliphatic carbocycles. The second-order valence-electron chi connectivity index (χ2n) is 6.24. The van der Waals surface area contributed by atoms with Crippen LogP contribution in [0.4, 0.5) is 4.39 Å². The average Bonchev–Trinajstić information content (AvgIpc) is 2.59. The molecule has 0 saturated carbocycles. The molecule has 4 nitrogen and oxygen atoms in total. The van der Waals surface area contributed by atoms with Gasteiger partial charge in [-0.3, -0.25) is 9.59 Å². The van der Waals surface area contributed by atoms with Crippen molar-refractivity contribution in [1.82, 2.24) is 9.88 Å². The van der Waals surface area contributed by atoms with Gasteiger partial charge in [-0.25, -0.2) is 4.39 Å². The fourth-order valence-corrected chi connectivity index (χ4v) is 2.84. The van der Waals surface area contributed by atoms with Crippen molar-refractivity contribution in [3.05, 3.63) is 81.9 Å². The summed E-state index contributed by atoms with van der Waals surface area (Å²) < 4.78 is 13.1. The van der Waals surface area contributed by atoms with E-state index in [2.05, 4.69) is 4.98 Å². The number of H-pyrrole nitrogens is 1. The van der Waals surface area contributed by atoms with Crippen molar-refractivity contribution in [2.24, 2.45) is 0 Å². The number of hydrogen-bond acceptors (Lipinski definition) is 2. The molecule has 0 saturated heterocycles. The number of para-hydroxylation sites is 1. The Kier molecular flexibility index (Phi) is 4.65. The van der Waals surface area contributed by atoms with Gasteiger partial charge in [-0.2, -0.15) is 0 Å². The summed E-state index contributed by atoms with van der Waals surface area (Å²) in [6, 6.07) is 14.4. The van der Waals surface area contributed by atoms with E-state index in [1.807, 2.05) is 38.1 Å². The summed E-state index contributed by atoms with van der Waals surface area (Å²) in [6.45, 7) is 4.13. The van der Waals surface area contributed by atoms with Crippen molar-refractivity contribution in [2.75, 3.05) is 0 Å². The van der Waals surface area contributed by atoms with Gasteiger partial charge in [0.25, 0.3) is 5.91 Å². The van der Waals surface area contributed by atoms with Crippen LogP contribution in [0.3, 0.4) is 0 Å². The van der Waals surface area contributed by atoms with Crippen molar-refractivity contribution < 1.29 is 9.18 Å². The van der Waals surface area contributed by atoms with Crippen LogP contribution in [0.15, 0.2) is 59.4 Å². The summed E-state index contributed by atoms with van der Waals surface area (Å²) >= 11 is 0. The molecule has 0 bridgehead atoms. The highest BCUT2D eigenvalue weighted by Gasteiger charge is 2.20. The maximum atomic E-state index is 13.1. The number of amides is 1. The second kappa shape index (κ2) is 6.89. The minimum atomic E-state index is -0.381. The third kappa shape index (κ3) is 3.60. The summed E-state index contributed by atoms with van der Waals surface area (Å²) in [5.41, 5.74) is 1.74. The van der Waals surface area contributed by atoms with E-state index < -0.39 is 0 Å². The van der Waals surface area contributed by atoms with Gasteiger partial charge in [-0.15, -0.1) is 0 Å². The van der Waals surface area contributed by atoms with Crippen LogP contribution in [0.2, 0.25) is 0 Å². The summed E-state index contributed by atoms with van der Waals surface area (Å²) in [6.07, 6.45) is 0. The molecular formula is C20H19FN2O2. The number of hydrogen-bond donors (Lipinski definition) is 1. The van der Waals surface area contributed by atoms with Crippen LogP contribution in [-0.4, -0.2) is 21.8 Å². The van der Waals surface area contributed by atoms with E-state index in [1.54, 1.807) is 4.90 Å². The molecule has 5 heteroatoms. The molecule has 0 fully saturated rings. The smallest absolute Gasteiger partial charge is 0.254 e. The van der Waals surface area contributed by atoms with Crippen molar-refractivity contribution in [1.29, 1.82) is 0 Å². The zero-order chi connectivity index (χ0) is 18.0. The van der Waals surface area contributed by atoms with Gasteiger partial charge in [0.05, 0.1) is 0 Å². The molecule has 128 valence electrons. The number of nitrogens with one attached hydrogen (secondary N) is 1. The highest BCUT2D eigenvalue weighted by Crippen LogP contribution is 2.19. The molecule has 3 rings (SSSR count). The van der Waals surface area contributed by atoms with Gasteiger partial charge in [0.1, 0.15) is 5.82 Å². The first-order valence-corrected chi connectivity index (χ1v) is 8.13. The number of rotatable bonds is 4. The summed E-state index contributed by atoms with van der Waals surface area (Å²) in [5, 5.41) is 0.902. The van der Waals surface area contributed by atoms with E-state index in [-0.39, 0.29) is 23.3 Å². The molecule has 1 heterocycles. The number of halogens is 1. The number of benzene rings is 2. The number of fused-ring (bicyclic) bond motifs is 1. The zero-order valence-electron chi connectivity index (χ0n) is 14.1. The molecule has 0 atom stereocenters. The van der Waals surface area contributed by atoms with E-state index in [1.165, 1.54) is 30.3 Å². The third-order valence-corrected chi connectivity index (χ3v) is 4.15. The largest absolute Gasteiger partial charge is 0.332 e. The van der Waals surface area contributed by atoms with Crippen molar-refractivity contribution in [3.63, 3.8) is 0 Å². The monoisotopic (exact) mass is 338 g/mol. The molecule has 25 heavy (non-hydrogen) atoms. The molecule has 0 aliphatic heterocycles. The number of carbonyl (C=O) groups is 1. The molecule has 1 N–H and O–H groups in total. The van der Waals surface area contributed by atoms with Crippen LogP contribution < -0.4 is 5.56 Å². The normalized spacial score (nSPS) is 11.0. The molecule has 0 unspecified atom stereocenters. The number of aromatic amines is 1. The SMILES string of the molecule is CC(C)N(Cc1cc(=O)[nH]c2ccccc12)C(=O)c1ccc(F)cc1. The summed E-state index contributed by atoms with van der Waals surface area (Å²) in [5.74, 6) is -0.576. The number of aromatic nitrogens is 1. The zero-order valence-corrected chi connectivity index (χ0v) is 14.1. The van der Waals surface area contributed by atoms with Crippen LogP contribution in [0.5, 0.6) is 0 Å². The predicted octanol–water partition coefficient (Wildman–Crippen LogP) is 3.72. The number of nitrogens with zero attached hydrogens (tertiary/aromatic N) is 1. The summed E-state index contributed by atoms with van der Waals surface area (Å²) in [4.78, 5) is 29.2. The Morgan fingerprint density at radius 2 is 1.80 bits per heavy atom. The molecule has 0 radical (unpaired) electrons. The molecule has 3 aromatic rings.